The molecule has 0 spiro atoms. The fourth-order valence-corrected chi connectivity index (χ4v) is 5.73. The zero-order valence-corrected chi connectivity index (χ0v) is 31.9. The summed E-state index contributed by atoms with van der Waals surface area (Å²) in [7, 11) is -7.74. The number of hydrogen-bond donors (Lipinski definition) is 5. The molecule has 0 aliphatic heterocycles. The summed E-state index contributed by atoms with van der Waals surface area (Å²) in [5, 5.41) is 13.7. The highest BCUT2D eigenvalue weighted by atomic mass is 35.5. The first-order valence-electron chi connectivity index (χ1n) is 14.5. The van der Waals surface area contributed by atoms with Crippen molar-refractivity contribution in [3.63, 3.8) is 0 Å². The fourth-order valence-electron chi connectivity index (χ4n) is 4.05. The molecule has 0 aliphatic rings. The number of aromatic nitrogens is 3. The number of carboxylic acids is 1. The van der Waals surface area contributed by atoms with Gasteiger partial charge in [0, 0.05) is 6.61 Å². The number of aryl methyl sites for hydroxylation is 3. The van der Waals surface area contributed by atoms with Gasteiger partial charge in [-0.2, -0.15) is 13.5 Å². The maximum atomic E-state index is 12.8. The minimum Gasteiger partial charge on any atom is -0.480 e. The smallest absolute Gasteiger partial charge is 0.355 e. The number of hydrogen-bond acceptors (Lipinski definition) is 9. The maximum absolute atomic E-state index is 12.8. The van der Waals surface area contributed by atoms with Gasteiger partial charge in [0.2, 0.25) is 15.9 Å². The topological polar surface area (TPSA) is 222 Å². The minimum absolute atomic E-state index is 0.0257. The van der Waals surface area contributed by atoms with E-state index in [1.165, 1.54) is 13.0 Å². The summed E-state index contributed by atoms with van der Waals surface area (Å²) in [5.41, 5.74) is 1.85. The first kappa shape index (κ1) is 45.9. The van der Waals surface area contributed by atoms with Crippen molar-refractivity contribution in [2.24, 2.45) is 0 Å². The number of ether oxygens (including phenoxy) is 1. The Kier molecular flexibility index (Phi) is 18.7. The number of anilines is 2. The highest BCUT2D eigenvalue weighted by molar-refractivity contribution is 7.92. The molecule has 3 aromatic rings. The Balaban J connectivity index is 0.000000414. The summed E-state index contributed by atoms with van der Waals surface area (Å²) in [6.07, 6.45) is 1.17. The number of para-hydroxylation sites is 1. The van der Waals surface area contributed by atoms with E-state index in [1.54, 1.807) is 4.90 Å². The van der Waals surface area contributed by atoms with Crippen LogP contribution >= 0.6 is 42.4 Å². The fraction of sp³-hybridized carbons (Fsp3) is 0.429. The zero-order chi connectivity index (χ0) is 39.3. The normalized spacial score (nSPS) is 11.3. The first-order chi connectivity index (χ1) is 23.6. The number of halogens is 5. The summed E-state index contributed by atoms with van der Waals surface area (Å²) in [4.78, 5) is 51.7. The summed E-state index contributed by atoms with van der Waals surface area (Å²) < 4.78 is 66.7. The molecular weight excluding hydrogens is 788 g/mol. The van der Waals surface area contributed by atoms with Gasteiger partial charge >= 0.3 is 25.8 Å². The summed E-state index contributed by atoms with van der Waals surface area (Å²) >= 11 is 17.5. The van der Waals surface area contributed by atoms with Crippen molar-refractivity contribution in [1.82, 2.24) is 19.7 Å². The molecular formula is C28H38Cl3F2N6O10PS. The molecule has 1 amide bonds. The van der Waals surface area contributed by atoms with Crippen LogP contribution in [0.3, 0.4) is 0 Å². The Hall–Kier alpha value is -3.13. The second-order valence-corrected chi connectivity index (χ2v) is 14.7. The molecule has 23 heteroatoms. The van der Waals surface area contributed by atoms with Crippen LogP contribution in [0.5, 0.6) is 0 Å². The van der Waals surface area contributed by atoms with Gasteiger partial charge in [0.15, 0.2) is 0 Å². The predicted molar refractivity (Wildman–Crippen MR) is 190 cm³/mol. The van der Waals surface area contributed by atoms with Gasteiger partial charge in [-0.15, -0.1) is 16.7 Å². The van der Waals surface area contributed by atoms with Crippen LogP contribution in [-0.2, 0) is 35.3 Å². The third-order valence-corrected chi connectivity index (χ3v) is 8.21. The van der Waals surface area contributed by atoms with Crippen molar-refractivity contribution in [3.8, 4) is 5.69 Å². The molecule has 0 fully saturated rings. The SMILES string of the molecule is CCOCN(C(=O)CCl)c1c(C)cccc1CC.Cc1nn(-c2cc(NS(C)(=O)=O)c(Cl)cc2Cl)c(=O)n1C(F)F.O=C(O)CNCP(=O)(O)O. The van der Waals surface area contributed by atoms with E-state index in [-0.39, 0.29) is 50.3 Å². The highest BCUT2D eigenvalue weighted by Crippen LogP contribution is 2.32. The van der Waals surface area contributed by atoms with E-state index >= 15 is 0 Å². The summed E-state index contributed by atoms with van der Waals surface area (Å²) in [6, 6.07) is 8.34. The van der Waals surface area contributed by atoms with E-state index in [1.807, 2.05) is 32.0 Å². The standard InChI is InChI=1S/C14H20ClNO2.C11H10Cl2F2N4O3S.C3H8NO5P/c1-4-12-8-6-7-11(3)14(12)16(10-18-5-2)13(17)9-15;1-5-16-19(11(20)18(5)10(14)15)9-4-8(17-23(2,21)22)6(12)3-7(9)13;5-3(6)1-4-2-10(7,8)9/h6-8H,4-5,9-10H2,1-3H3;3-4,10,17H,1-2H3;4H,1-2H2,(H,5,6)(H2,7,8,9). The van der Waals surface area contributed by atoms with Crippen LogP contribution in [0, 0.1) is 13.8 Å². The first-order valence-corrected chi connectivity index (χ1v) is 19.5. The number of carbonyl (C=O) groups is 2. The van der Waals surface area contributed by atoms with Crippen molar-refractivity contribution in [2.45, 2.75) is 40.7 Å². The number of rotatable bonds is 14. The lowest BCUT2D eigenvalue weighted by molar-refractivity contribution is -0.135. The molecule has 0 bridgehead atoms. The maximum Gasteiger partial charge on any atom is 0.355 e. The minimum atomic E-state index is -4.10. The van der Waals surface area contributed by atoms with Crippen molar-refractivity contribution >= 4 is 75.7 Å². The van der Waals surface area contributed by atoms with E-state index in [4.69, 9.17) is 54.4 Å². The molecule has 16 nitrogen and oxygen atoms in total. The Morgan fingerprint density at radius 2 is 1.76 bits per heavy atom. The van der Waals surface area contributed by atoms with Gasteiger partial charge in [0.05, 0.1) is 46.2 Å². The molecule has 0 radical (unpaired) electrons. The van der Waals surface area contributed by atoms with Crippen molar-refractivity contribution < 1.29 is 51.0 Å². The number of alkyl halides is 3. The second-order valence-electron chi connectivity index (χ2n) is 10.2. The van der Waals surface area contributed by atoms with Crippen LogP contribution in [-0.4, -0.2) is 87.8 Å². The Morgan fingerprint density at radius 3 is 2.24 bits per heavy atom. The average Bonchev–Trinajstić information content (AvgIpc) is 3.31. The third kappa shape index (κ3) is 15.2. The average molecular weight is 826 g/mol. The van der Waals surface area contributed by atoms with Crippen LogP contribution in [0.15, 0.2) is 35.1 Å². The molecule has 0 saturated carbocycles. The number of nitrogens with one attached hydrogen (secondary N) is 2. The lowest BCUT2D eigenvalue weighted by atomic mass is 10.0. The van der Waals surface area contributed by atoms with Gasteiger partial charge in [0.25, 0.3) is 0 Å². The van der Waals surface area contributed by atoms with Crippen LogP contribution < -0.4 is 20.6 Å². The van der Waals surface area contributed by atoms with E-state index < -0.39 is 48.7 Å². The lowest BCUT2D eigenvalue weighted by Crippen LogP contribution is -2.35. The number of carbonyl (C=O) groups excluding carboxylic acids is 1. The molecule has 1 heterocycles. The molecule has 2 aromatic carbocycles. The summed E-state index contributed by atoms with van der Waals surface area (Å²) in [5.74, 6) is -1.54. The van der Waals surface area contributed by atoms with Gasteiger partial charge in [-0.05, 0) is 50.5 Å². The van der Waals surface area contributed by atoms with Gasteiger partial charge < -0.3 is 19.6 Å². The summed E-state index contributed by atoms with van der Waals surface area (Å²) in [6.45, 7) is 4.50. The Bertz CT molecular complexity index is 1880. The molecule has 286 valence electrons. The molecule has 5 N–H and O–H groups in total. The molecule has 0 saturated heterocycles. The number of nitrogens with zero attached hydrogens (tertiary/aromatic N) is 4. The van der Waals surface area contributed by atoms with Crippen LogP contribution in [0.1, 0.15) is 37.3 Å². The predicted octanol–water partition coefficient (Wildman–Crippen LogP) is 4.33. The van der Waals surface area contributed by atoms with Gasteiger partial charge in [-0.25, -0.2) is 17.8 Å². The lowest BCUT2D eigenvalue weighted by Gasteiger charge is -2.25. The third-order valence-electron chi connectivity index (χ3n) is 6.14. The molecule has 0 aliphatic carbocycles. The number of benzene rings is 2. The highest BCUT2D eigenvalue weighted by Gasteiger charge is 2.22. The van der Waals surface area contributed by atoms with E-state index in [0.717, 1.165) is 35.6 Å². The van der Waals surface area contributed by atoms with Crippen LogP contribution in [0.2, 0.25) is 10.0 Å². The molecule has 0 atom stereocenters. The molecule has 3 rings (SSSR count). The number of amides is 1. The monoisotopic (exact) mass is 824 g/mol. The molecule has 51 heavy (non-hydrogen) atoms. The van der Waals surface area contributed by atoms with E-state index in [0.29, 0.717) is 11.3 Å². The van der Waals surface area contributed by atoms with Crippen LogP contribution in [0.25, 0.3) is 5.69 Å². The molecule has 0 unspecified atom stereocenters. The van der Waals surface area contributed by atoms with Crippen LogP contribution in [0.4, 0.5) is 20.2 Å². The number of aliphatic carboxylic acids is 1. The van der Waals surface area contributed by atoms with E-state index in [2.05, 4.69) is 22.1 Å². The molecule has 1 aromatic heterocycles. The largest absolute Gasteiger partial charge is 0.480 e. The Labute approximate surface area is 307 Å². The number of sulfonamides is 1. The quantitative estimate of drug-likeness (QED) is 0.0871. The number of carboxylic acid groups (broad SMARTS) is 1. The van der Waals surface area contributed by atoms with Gasteiger partial charge in [0.1, 0.15) is 18.4 Å². The van der Waals surface area contributed by atoms with Crippen molar-refractivity contribution in [3.05, 3.63) is 67.8 Å². The van der Waals surface area contributed by atoms with Crippen molar-refractivity contribution in [1.29, 1.82) is 0 Å². The van der Waals surface area contributed by atoms with Crippen molar-refractivity contribution in [2.75, 3.05) is 47.9 Å². The van der Waals surface area contributed by atoms with E-state index in [9.17, 15) is 36.1 Å². The van der Waals surface area contributed by atoms with Gasteiger partial charge in [-0.3, -0.25) is 29.1 Å². The second kappa shape index (κ2) is 20.8. The Morgan fingerprint density at radius 1 is 1.14 bits per heavy atom. The van der Waals surface area contributed by atoms with Gasteiger partial charge in [-0.1, -0.05) is 48.3 Å². The zero-order valence-electron chi connectivity index (χ0n) is 27.9.